The molecule has 2 unspecified atom stereocenters. The molecule has 1 aliphatic rings. The van der Waals surface area contributed by atoms with Gasteiger partial charge in [-0.2, -0.15) is 0 Å². The maximum Gasteiger partial charge on any atom is 0.157 e. The molecule has 1 aromatic rings. The van der Waals surface area contributed by atoms with Gasteiger partial charge >= 0.3 is 0 Å². The number of aliphatic hydroxyl groups excluding tert-OH is 1. The number of rotatable bonds is 2. The van der Waals surface area contributed by atoms with Gasteiger partial charge in [-0.25, -0.2) is 9.97 Å². The summed E-state index contributed by atoms with van der Waals surface area (Å²) in [6, 6.07) is 1.75. The molecular formula is C13H20N2O2. The Morgan fingerprint density at radius 3 is 2.35 bits per heavy atom. The van der Waals surface area contributed by atoms with E-state index >= 15 is 0 Å². The van der Waals surface area contributed by atoms with Gasteiger partial charge in [0.1, 0.15) is 6.10 Å². The van der Waals surface area contributed by atoms with E-state index in [0.717, 1.165) is 6.42 Å². The lowest BCUT2D eigenvalue weighted by Gasteiger charge is -2.29. The molecule has 2 rings (SSSR count). The van der Waals surface area contributed by atoms with Crippen LogP contribution in [0.2, 0.25) is 0 Å². The van der Waals surface area contributed by atoms with Crippen LogP contribution in [0, 0.1) is 5.92 Å². The molecule has 0 amide bonds. The third-order valence-corrected chi connectivity index (χ3v) is 3.38. The minimum atomic E-state index is -0.673. The number of ether oxygens (including phenoxy) is 1. The lowest BCUT2D eigenvalue weighted by atomic mass is 9.83. The van der Waals surface area contributed by atoms with Crippen molar-refractivity contribution in [2.75, 3.05) is 0 Å². The van der Waals surface area contributed by atoms with Gasteiger partial charge < -0.3 is 9.84 Å². The molecule has 1 fully saturated rings. The Labute approximate surface area is 102 Å². The van der Waals surface area contributed by atoms with E-state index in [0.29, 0.717) is 5.82 Å². The highest BCUT2D eigenvalue weighted by molar-refractivity contribution is 5.04. The van der Waals surface area contributed by atoms with Gasteiger partial charge in [0.2, 0.25) is 0 Å². The van der Waals surface area contributed by atoms with Crippen molar-refractivity contribution in [3.63, 3.8) is 0 Å². The normalized spacial score (nSPS) is 27.9. The predicted octanol–water partition coefficient (Wildman–Crippen LogP) is 2.10. The summed E-state index contributed by atoms with van der Waals surface area (Å²) in [6.45, 7) is 8.12. The SMILES string of the molecule is CC1(C)CC(C(O)c2ncccn2)C(C)(C)O1. The summed E-state index contributed by atoms with van der Waals surface area (Å²) in [4.78, 5) is 8.24. The summed E-state index contributed by atoms with van der Waals surface area (Å²) in [5, 5.41) is 10.4. The molecule has 0 saturated carbocycles. The van der Waals surface area contributed by atoms with Crippen LogP contribution >= 0.6 is 0 Å². The Kier molecular flexibility index (Phi) is 2.96. The minimum Gasteiger partial charge on any atom is -0.385 e. The zero-order valence-corrected chi connectivity index (χ0v) is 10.8. The van der Waals surface area contributed by atoms with Gasteiger partial charge in [0.25, 0.3) is 0 Å². The molecule has 2 heterocycles. The van der Waals surface area contributed by atoms with Gasteiger partial charge in [0, 0.05) is 18.3 Å². The maximum atomic E-state index is 10.4. The fourth-order valence-corrected chi connectivity index (χ4v) is 2.74. The van der Waals surface area contributed by atoms with Crippen molar-refractivity contribution >= 4 is 0 Å². The minimum absolute atomic E-state index is 0.0138. The van der Waals surface area contributed by atoms with Crippen LogP contribution < -0.4 is 0 Å². The van der Waals surface area contributed by atoms with Crippen LogP contribution in [0.25, 0.3) is 0 Å². The van der Waals surface area contributed by atoms with Crippen molar-refractivity contribution in [1.82, 2.24) is 9.97 Å². The molecule has 0 bridgehead atoms. The molecule has 17 heavy (non-hydrogen) atoms. The summed E-state index contributed by atoms with van der Waals surface area (Å²) >= 11 is 0. The van der Waals surface area contributed by atoms with E-state index in [4.69, 9.17) is 4.74 Å². The Morgan fingerprint density at radius 2 is 1.88 bits per heavy atom. The zero-order valence-electron chi connectivity index (χ0n) is 10.8. The van der Waals surface area contributed by atoms with Crippen LogP contribution in [0.15, 0.2) is 18.5 Å². The average molecular weight is 236 g/mol. The lowest BCUT2D eigenvalue weighted by molar-refractivity contribution is -0.0888. The van der Waals surface area contributed by atoms with Crippen molar-refractivity contribution < 1.29 is 9.84 Å². The molecule has 1 aromatic heterocycles. The molecule has 1 aliphatic heterocycles. The number of nitrogens with zero attached hydrogens (tertiary/aromatic N) is 2. The lowest BCUT2D eigenvalue weighted by Crippen LogP contribution is -2.33. The van der Waals surface area contributed by atoms with Crippen LogP contribution in [0.4, 0.5) is 0 Å². The first-order valence-corrected chi connectivity index (χ1v) is 5.97. The number of aromatic nitrogens is 2. The molecule has 2 atom stereocenters. The molecule has 94 valence electrons. The average Bonchev–Trinajstić information content (AvgIpc) is 2.47. The Morgan fingerprint density at radius 1 is 1.29 bits per heavy atom. The summed E-state index contributed by atoms with van der Waals surface area (Å²) < 4.78 is 5.98. The van der Waals surface area contributed by atoms with Gasteiger partial charge in [0.15, 0.2) is 5.82 Å². The molecule has 4 heteroatoms. The zero-order chi connectivity index (χ0) is 12.7. The Balaban J connectivity index is 2.23. The molecule has 1 N–H and O–H groups in total. The van der Waals surface area contributed by atoms with Crippen LogP contribution in [0.5, 0.6) is 0 Å². The smallest absolute Gasteiger partial charge is 0.157 e. The second-order valence-corrected chi connectivity index (χ2v) is 5.83. The van der Waals surface area contributed by atoms with Crippen LogP contribution in [-0.4, -0.2) is 26.3 Å². The fourth-order valence-electron chi connectivity index (χ4n) is 2.74. The quantitative estimate of drug-likeness (QED) is 0.854. The molecular weight excluding hydrogens is 216 g/mol. The van der Waals surface area contributed by atoms with Gasteiger partial charge in [-0.05, 0) is 40.2 Å². The molecule has 4 nitrogen and oxygen atoms in total. The highest BCUT2D eigenvalue weighted by Crippen LogP contribution is 2.46. The van der Waals surface area contributed by atoms with Gasteiger partial charge in [0.05, 0.1) is 11.2 Å². The highest BCUT2D eigenvalue weighted by Gasteiger charge is 2.49. The summed E-state index contributed by atoms with van der Waals surface area (Å²) in [5.74, 6) is 0.492. The largest absolute Gasteiger partial charge is 0.385 e. The second kappa shape index (κ2) is 4.03. The van der Waals surface area contributed by atoms with E-state index in [2.05, 4.69) is 9.97 Å². The Bertz CT molecular complexity index is 390. The standard InChI is InChI=1S/C13H20N2O2/c1-12(2)8-9(13(3,4)17-12)10(16)11-14-6-5-7-15-11/h5-7,9-10,16H,8H2,1-4H3. The van der Waals surface area contributed by atoms with Crippen molar-refractivity contribution in [3.05, 3.63) is 24.3 Å². The molecule has 1 saturated heterocycles. The topological polar surface area (TPSA) is 55.2 Å². The van der Waals surface area contributed by atoms with Crippen molar-refractivity contribution in [2.24, 2.45) is 5.92 Å². The van der Waals surface area contributed by atoms with Crippen LogP contribution in [-0.2, 0) is 4.74 Å². The summed E-state index contributed by atoms with van der Waals surface area (Å²) in [6.07, 6.45) is 3.44. The number of hydrogen-bond acceptors (Lipinski definition) is 4. The maximum absolute atomic E-state index is 10.4. The molecule has 0 aromatic carbocycles. The number of aliphatic hydroxyl groups is 1. The molecule has 0 aliphatic carbocycles. The fraction of sp³-hybridized carbons (Fsp3) is 0.692. The summed E-state index contributed by atoms with van der Waals surface area (Å²) in [7, 11) is 0. The Hall–Kier alpha value is -1.00. The third kappa shape index (κ3) is 2.48. The first-order chi connectivity index (χ1) is 7.82. The van der Waals surface area contributed by atoms with E-state index in [1.807, 2.05) is 27.7 Å². The van der Waals surface area contributed by atoms with Crippen LogP contribution in [0.3, 0.4) is 0 Å². The monoisotopic (exact) mass is 236 g/mol. The van der Waals surface area contributed by atoms with E-state index in [9.17, 15) is 5.11 Å². The van der Waals surface area contributed by atoms with E-state index in [-0.39, 0.29) is 17.1 Å². The third-order valence-electron chi connectivity index (χ3n) is 3.38. The van der Waals surface area contributed by atoms with E-state index in [1.165, 1.54) is 0 Å². The first kappa shape index (κ1) is 12.5. The number of hydrogen-bond donors (Lipinski definition) is 1. The van der Waals surface area contributed by atoms with Gasteiger partial charge in [-0.3, -0.25) is 0 Å². The van der Waals surface area contributed by atoms with Crippen molar-refractivity contribution in [2.45, 2.75) is 51.4 Å². The van der Waals surface area contributed by atoms with Crippen LogP contribution in [0.1, 0.15) is 46.0 Å². The second-order valence-electron chi connectivity index (χ2n) is 5.83. The highest BCUT2D eigenvalue weighted by atomic mass is 16.5. The predicted molar refractivity (Wildman–Crippen MR) is 64.3 cm³/mol. The first-order valence-electron chi connectivity index (χ1n) is 5.97. The molecule has 0 spiro atoms. The summed E-state index contributed by atoms with van der Waals surface area (Å²) in [5.41, 5.74) is -0.563. The van der Waals surface area contributed by atoms with Gasteiger partial charge in [-0.1, -0.05) is 0 Å². The van der Waals surface area contributed by atoms with E-state index in [1.54, 1.807) is 18.5 Å². The van der Waals surface area contributed by atoms with Crippen molar-refractivity contribution in [3.8, 4) is 0 Å². The van der Waals surface area contributed by atoms with Gasteiger partial charge in [-0.15, -0.1) is 0 Å². The van der Waals surface area contributed by atoms with E-state index < -0.39 is 6.10 Å². The molecule has 0 radical (unpaired) electrons. The van der Waals surface area contributed by atoms with Crippen molar-refractivity contribution in [1.29, 1.82) is 0 Å².